The summed E-state index contributed by atoms with van der Waals surface area (Å²) >= 11 is 1.33. The van der Waals surface area contributed by atoms with E-state index in [2.05, 4.69) is 15.8 Å². The monoisotopic (exact) mass is 399 g/mol. The van der Waals surface area contributed by atoms with Crippen molar-refractivity contribution in [1.82, 2.24) is 5.43 Å². The van der Waals surface area contributed by atoms with Gasteiger partial charge < -0.3 is 10.1 Å². The highest BCUT2D eigenvalue weighted by Gasteiger charge is 2.28. The third-order valence-electron chi connectivity index (χ3n) is 4.26. The third-order valence-corrected chi connectivity index (χ3v) is 5.47. The van der Waals surface area contributed by atoms with Gasteiger partial charge in [0.05, 0.1) is 18.4 Å². The van der Waals surface area contributed by atoms with Crippen LogP contribution in [0, 0.1) is 0 Å². The number of amides is 2. The standard InChI is InChI=1S/C20H21N3O4S/c1-2-27-20(26)16-14-10-6-7-11-15(14)28-19(16)22-17(24)18(25)23-21-12-13-8-4-3-5-9-13/h3-5,8-9,12H,2,6-7,10-11H2,1H3,(H,22,24)(H,23,25). The number of carbonyl (C=O) groups is 3. The zero-order valence-corrected chi connectivity index (χ0v) is 16.3. The highest BCUT2D eigenvalue weighted by molar-refractivity contribution is 7.17. The Morgan fingerprint density at radius 2 is 1.89 bits per heavy atom. The van der Waals surface area contributed by atoms with E-state index in [1.54, 1.807) is 6.92 Å². The van der Waals surface area contributed by atoms with Gasteiger partial charge in [0.25, 0.3) is 0 Å². The normalized spacial score (nSPS) is 13.0. The molecule has 0 saturated heterocycles. The molecule has 0 radical (unpaired) electrons. The largest absolute Gasteiger partial charge is 0.462 e. The van der Waals surface area contributed by atoms with Gasteiger partial charge in [-0.1, -0.05) is 30.3 Å². The van der Waals surface area contributed by atoms with Crippen LogP contribution < -0.4 is 10.7 Å². The first-order valence-corrected chi connectivity index (χ1v) is 9.93. The molecule has 0 spiro atoms. The SMILES string of the molecule is CCOC(=O)c1c(NC(=O)C(=O)NN=Cc2ccccc2)sc2c1CCCC2. The van der Waals surface area contributed by atoms with Gasteiger partial charge in [0.15, 0.2) is 0 Å². The summed E-state index contributed by atoms with van der Waals surface area (Å²) < 4.78 is 5.14. The first-order valence-electron chi connectivity index (χ1n) is 9.11. The van der Waals surface area contributed by atoms with Gasteiger partial charge in [-0.2, -0.15) is 5.10 Å². The highest BCUT2D eigenvalue weighted by atomic mass is 32.1. The van der Waals surface area contributed by atoms with Crippen LogP contribution in [0.3, 0.4) is 0 Å². The molecule has 0 fully saturated rings. The average Bonchev–Trinajstić information content (AvgIpc) is 3.06. The van der Waals surface area contributed by atoms with Gasteiger partial charge in [-0.05, 0) is 43.7 Å². The summed E-state index contributed by atoms with van der Waals surface area (Å²) in [7, 11) is 0. The minimum Gasteiger partial charge on any atom is -0.462 e. The topological polar surface area (TPSA) is 96.9 Å². The average molecular weight is 399 g/mol. The maximum absolute atomic E-state index is 12.4. The zero-order chi connectivity index (χ0) is 19.9. The van der Waals surface area contributed by atoms with E-state index in [1.165, 1.54) is 17.6 Å². The Morgan fingerprint density at radius 3 is 2.64 bits per heavy atom. The number of esters is 1. The number of ether oxygens (including phenoxy) is 1. The van der Waals surface area contributed by atoms with Gasteiger partial charge >= 0.3 is 17.8 Å². The molecule has 0 atom stereocenters. The van der Waals surface area contributed by atoms with Gasteiger partial charge in [0, 0.05) is 4.88 Å². The van der Waals surface area contributed by atoms with E-state index in [4.69, 9.17) is 4.74 Å². The molecule has 28 heavy (non-hydrogen) atoms. The van der Waals surface area contributed by atoms with E-state index < -0.39 is 17.8 Å². The minimum atomic E-state index is -0.909. The van der Waals surface area contributed by atoms with Gasteiger partial charge in [-0.25, -0.2) is 10.2 Å². The molecule has 0 saturated carbocycles. The van der Waals surface area contributed by atoms with Crippen molar-refractivity contribution in [2.45, 2.75) is 32.6 Å². The predicted molar refractivity (Wildman–Crippen MR) is 108 cm³/mol. The fourth-order valence-electron chi connectivity index (χ4n) is 2.99. The third kappa shape index (κ3) is 4.64. The van der Waals surface area contributed by atoms with Crippen LogP contribution in [0.2, 0.25) is 0 Å². The molecule has 2 aromatic rings. The number of aryl methyl sites for hydroxylation is 1. The van der Waals surface area contributed by atoms with E-state index in [0.29, 0.717) is 10.6 Å². The first kappa shape index (κ1) is 19.8. The van der Waals surface area contributed by atoms with Crippen molar-refractivity contribution in [3.63, 3.8) is 0 Å². The van der Waals surface area contributed by atoms with Crippen LogP contribution >= 0.6 is 11.3 Å². The van der Waals surface area contributed by atoms with Crippen molar-refractivity contribution in [1.29, 1.82) is 0 Å². The highest BCUT2D eigenvalue weighted by Crippen LogP contribution is 2.38. The molecular weight excluding hydrogens is 378 g/mol. The lowest BCUT2D eigenvalue weighted by Gasteiger charge is -2.12. The van der Waals surface area contributed by atoms with Crippen LogP contribution in [-0.2, 0) is 27.2 Å². The number of carbonyl (C=O) groups excluding carboxylic acids is 3. The van der Waals surface area contributed by atoms with Crippen LogP contribution in [0.25, 0.3) is 0 Å². The molecule has 0 aliphatic heterocycles. The molecule has 1 heterocycles. The second-order valence-corrected chi connectivity index (χ2v) is 7.30. The van der Waals surface area contributed by atoms with Gasteiger partial charge in [-0.3, -0.25) is 9.59 Å². The molecule has 2 amide bonds. The molecule has 8 heteroatoms. The lowest BCUT2D eigenvalue weighted by Crippen LogP contribution is -2.32. The van der Waals surface area contributed by atoms with Crippen molar-refractivity contribution < 1.29 is 19.1 Å². The van der Waals surface area contributed by atoms with Crippen molar-refractivity contribution in [3.05, 3.63) is 51.9 Å². The van der Waals surface area contributed by atoms with Crippen molar-refractivity contribution in [2.75, 3.05) is 11.9 Å². The fraction of sp³-hybridized carbons (Fsp3) is 0.300. The van der Waals surface area contributed by atoms with E-state index in [-0.39, 0.29) is 6.61 Å². The molecule has 3 rings (SSSR count). The van der Waals surface area contributed by atoms with Gasteiger partial charge in [0.1, 0.15) is 5.00 Å². The second-order valence-electron chi connectivity index (χ2n) is 6.20. The molecular formula is C20H21N3O4S. The van der Waals surface area contributed by atoms with Crippen LogP contribution in [0.4, 0.5) is 5.00 Å². The van der Waals surface area contributed by atoms with Crippen LogP contribution in [0.5, 0.6) is 0 Å². The maximum atomic E-state index is 12.4. The van der Waals surface area contributed by atoms with Crippen molar-refractivity contribution >= 4 is 40.3 Å². The van der Waals surface area contributed by atoms with Crippen LogP contribution in [0.15, 0.2) is 35.4 Å². The summed E-state index contributed by atoms with van der Waals surface area (Å²) in [6.45, 7) is 1.97. The molecule has 1 aromatic heterocycles. The van der Waals surface area contributed by atoms with E-state index >= 15 is 0 Å². The molecule has 1 aliphatic rings. The van der Waals surface area contributed by atoms with Gasteiger partial charge in [-0.15, -0.1) is 11.3 Å². The maximum Gasteiger partial charge on any atom is 0.341 e. The Morgan fingerprint density at radius 1 is 1.14 bits per heavy atom. The molecule has 1 aromatic carbocycles. The number of nitrogens with zero attached hydrogens (tertiary/aromatic N) is 1. The smallest absolute Gasteiger partial charge is 0.341 e. The van der Waals surface area contributed by atoms with Crippen LogP contribution in [-0.4, -0.2) is 30.6 Å². The van der Waals surface area contributed by atoms with E-state index in [1.807, 2.05) is 30.3 Å². The number of fused-ring (bicyclic) bond motifs is 1. The number of hydrogen-bond acceptors (Lipinski definition) is 6. The molecule has 7 nitrogen and oxygen atoms in total. The Balaban J connectivity index is 1.70. The lowest BCUT2D eigenvalue weighted by atomic mass is 9.95. The van der Waals surface area contributed by atoms with Gasteiger partial charge in [0.2, 0.25) is 0 Å². The van der Waals surface area contributed by atoms with Crippen molar-refractivity contribution in [3.8, 4) is 0 Å². The van der Waals surface area contributed by atoms with Crippen LogP contribution in [0.1, 0.15) is 46.1 Å². The number of hydrazone groups is 1. The quantitative estimate of drug-likeness (QED) is 0.350. The number of thiophene rings is 1. The van der Waals surface area contributed by atoms with E-state index in [9.17, 15) is 14.4 Å². The molecule has 2 N–H and O–H groups in total. The second kappa shape index (κ2) is 9.27. The Labute approximate surface area is 166 Å². The summed E-state index contributed by atoms with van der Waals surface area (Å²) in [4.78, 5) is 37.7. The number of hydrogen-bond donors (Lipinski definition) is 2. The molecule has 0 bridgehead atoms. The number of rotatable bonds is 5. The number of nitrogens with one attached hydrogen (secondary N) is 2. The minimum absolute atomic E-state index is 0.242. The number of benzene rings is 1. The molecule has 0 unspecified atom stereocenters. The summed E-state index contributed by atoms with van der Waals surface area (Å²) in [5, 5.41) is 6.69. The summed E-state index contributed by atoms with van der Waals surface area (Å²) in [6, 6.07) is 9.18. The number of anilines is 1. The zero-order valence-electron chi connectivity index (χ0n) is 15.5. The predicted octanol–water partition coefficient (Wildman–Crippen LogP) is 2.89. The molecule has 146 valence electrons. The molecule has 1 aliphatic carbocycles. The Kier molecular flexibility index (Phi) is 6.54. The summed E-state index contributed by atoms with van der Waals surface area (Å²) in [6.07, 6.45) is 5.09. The summed E-state index contributed by atoms with van der Waals surface area (Å²) in [5.74, 6) is -2.26. The lowest BCUT2D eigenvalue weighted by molar-refractivity contribution is -0.136. The Hall–Kier alpha value is -3.00. The first-order chi connectivity index (χ1) is 13.6. The fourth-order valence-corrected chi connectivity index (χ4v) is 4.26. The van der Waals surface area contributed by atoms with Crippen molar-refractivity contribution in [2.24, 2.45) is 5.10 Å². The Bertz CT molecular complexity index is 906. The van der Waals surface area contributed by atoms with E-state index in [0.717, 1.165) is 41.7 Å². The summed E-state index contributed by atoms with van der Waals surface area (Å²) in [5.41, 5.74) is 4.28.